The summed E-state index contributed by atoms with van der Waals surface area (Å²) in [6.45, 7) is 0. The number of carbonyl (C=O) groups excluding carboxylic acids is 2. The molecule has 0 aliphatic heterocycles. The van der Waals surface area contributed by atoms with Crippen molar-refractivity contribution in [2.75, 3.05) is 5.32 Å². The minimum atomic E-state index is -4.36. The number of carbonyl (C=O) groups is 2. The average molecular weight is 447 g/mol. The number of hydrogen-bond donors (Lipinski definition) is 2. The molecule has 0 aliphatic rings. The smallest absolute Gasteiger partial charge is 0.294 e. The van der Waals surface area contributed by atoms with E-state index in [-0.39, 0.29) is 21.3 Å². The summed E-state index contributed by atoms with van der Waals surface area (Å²) >= 11 is 1.07. The predicted octanol–water partition coefficient (Wildman–Crippen LogP) is 3.18. The van der Waals surface area contributed by atoms with Gasteiger partial charge in [-0.3, -0.25) is 24.3 Å². The first-order valence-corrected chi connectivity index (χ1v) is 10.6. The fourth-order valence-corrected chi connectivity index (χ4v) is 3.72. The molecular weight excluding hydrogens is 434 g/mol. The van der Waals surface area contributed by atoms with Gasteiger partial charge in [-0.2, -0.15) is 8.42 Å². The molecule has 0 spiro atoms. The van der Waals surface area contributed by atoms with Gasteiger partial charge in [-0.25, -0.2) is 4.98 Å². The van der Waals surface area contributed by atoms with Crippen molar-refractivity contribution in [3.8, 4) is 11.3 Å². The average Bonchev–Trinajstić information content (AvgIpc) is 3.15. The molecule has 0 saturated carbocycles. The molecule has 0 radical (unpaired) electrons. The van der Waals surface area contributed by atoms with E-state index in [4.69, 9.17) is 4.55 Å². The number of nitrogens with zero attached hydrogens (tertiary/aromatic N) is 2. The van der Waals surface area contributed by atoms with Gasteiger partial charge in [-0.05, 0) is 24.3 Å². The van der Waals surface area contributed by atoms with Gasteiger partial charge in [0.05, 0.1) is 21.9 Å². The Balaban J connectivity index is 1.66. The molecule has 2 N–H and O–H groups in total. The first kappa shape index (κ1) is 21.2. The Morgan fingerprint density at radius 3 is 2.50 bits per heavy atom. The number of Topliss-reactive ketones (excluding diaryl/α,β-unsaturated/α-hetero) is 1. The number of ketones is 1. The molecule has 154 valence electrons. The number of aromatic nitrogens is 1. The summed E-state index contributed by atoms with van der Waals surface area (Å²) < 4.78 is 31.6. The summed E-state index contributed by atoms with van der Waals surface area (Å²) in [6, 6.07) is 10.4. The first-order valence-electron chi connectivity index (χ1n) is 8.24. The third-order valence-corrected chi connectivity index (χ3v) is 5.51. The number of hydrogen-bond acceptors (Lipinski definition) is 8. The molecule has 10 nitrogen and oxygen atoms in total. The number of thiazole rings is 1. The highest BCUT2D eigenvalue weighted by Crippen LogP contribution is 2.26. The van der Waals surface area contributed by atoms with Crippen LogP contribution in [0.4, 0.5) is 10.8 Å². The molecule has 0 bridgehead atoms. The lowest BCUT2D eigenvalue weighted by Crippen LogP contribution is -2.16. The quantitative estimate of drug-likeness (QED) is 0.184. The maximum absolute atomic E-state index is 12.2. The molecule has 12 heteroatoms. The minimum absolute atomic E-state index is 0.163. The Morgan fingerprint density at radius 2 is 1.87 bits per heavy atom. The summed E-state index contributed by atoms with van der Waals surface area (Å²) in [4.78, 5) is 38.2. The Bertz CT molecular complexity index is 1230. The molecule has 3 aromatic rings. The molecule has 0 saturated heterocycles. The zero-order chi connectivity index (χ0) is 21.9. The van der Waals surface area contributed by atoms with Crippen LogP contribution in [-0.2, 0) is 14.9 Å². The molecule has 1 amide bonds. The molecule has 0 unspecified atom stereocenters. The van der Waals surface area contributed by atoms with Crippen LogP contribution in [0.1, 0.15) is 16.8 Å². The van der Waals surface area contributed by atoms with E-state index >= 15 is 0 Å². The molecule has 0 fully saturated rings. The van der Waals surface area contributed by atoms with Crippen LogP contribution < -0.4 is 5.32 Å². The third-order valence-electron chi connectivity index (χ3n) is 3.90. The standard InChI is InChI=1S/C18H13N3O7S2/c22-16(11-4-6-13(7-5-11)21(24)25)9-17(23)20-18-19-15(10-29-18)12-2-1-3-14(8-12)30(26,27)28/h1-8,10H,9H2,(H,19,20,23)(H,26,27,28). The number of benzene rings is 2. The second-order valence-electron chi connectivity index (χ2n) is 5.99. The van der Waals surface area contributed by atoms with Gasteiger partial charge < -0.3 is 5.32 Å². The van der Waals surface area contributed by atoms with E-state index in [0.717, 1.165) is 11.3 Å². The zero-order valence-electron chi connectivity index (χ0n) is 15.0. The molecule has 3 rings (SSSR count). The van der Waals surface area contributed by atoms with Crippen molar-refractivity contribution < 1.29 is 27.5 Å². The van der Waals surface area contributed by atoms with Crippen molar-refractivity contribution in [1.82, 2.24) is 4.98 Å². The minimum Gasteiger partial charge on any atom is -0.302 e. The maximum atomic E-state index is 12.2. The van der Waals surface area contributed by atoms with Gasteiger partial charge in [0.15, 0.2) is 10.9 Å². The first-order chi connectivity index (χ1) is 14.1. The van der Waals surface area contributed by atoms with Crippen molar-refractivity contribution in [1.29, 1.82) is 0 Å². The SMILES string of the molecule is O=C(CC(=O)c1ccc([N+](=O)[O-])cc1)Nc1nc(-c2cccc(S(=O)(=O)O)c2)cs1. The Kier molecular flexibility index (Phi) is 6.01. The molecule has 0 aliphatic carbocycles. The van der Waals surface area contributed by atoms with Crippen molar-refractivity contribution in [3.05, 3.63) is 69.6 Å². The summed E-state index contributed by atoms with van der Waals surface area (Å²) in [7, 11) is -4.36. The predicted molar refractivity (Wildman–Crippen MR) is 108 cm³/mol. The molecule has 1 heterocycles. The summed E-state index contributed by atoms with van der Waals surface area (Å²) in [6.07, 6.45) is -0.481. The summed E-state index contributed by atoms with van der Waals surface area (Å²) in [5.41, 5.74) is 0.799. The zero-order valence-corrected chi connectivity index (χ0v) is 16.6. The van der Waals surface area contributed by atoms with Gasteiger partial charge >= 0.3 is 0 Å². The number of nitro benzene ring substituents is 1. The highest BCUT2D eigenvalue weighted by Gasteiger charge is 2.16. The second-order valence-corrected chi connectivity index (χ2v) is 8.27. The van der Waals surface area contributed by atoms with Gasteiger partial charge in [0, 0.05) is 28.6 Å². The Morgan fingerprint density at radius 1 is 1.17 bits per heavy atom. The van der Waals surface area contributed by atoms with Crippen molar-refractivity contribution >= 4 is 44.0 Å². The van der Waals surface area contributed by atoms with Crippen LogP contribution in [0.15, 0.2) is 58.8 Å². The lowest BCUT2D eigenvalue weighted by Gasteiger charge is -2.02. The van der Waals surface area contributed by atoms with E-state index in [9.17, 15) is 28.1 Å². The van der Waals surface area contributed by atoms with Gasteiger partial charge in [-0.1, -0.05) is 12.1 Å². The molecule has 0 atom stereocenters. The third kappa shape index (κ3) is 5.11. The van der Waals surface area contributed by atoms with E-state index in [1.165, 1.54) is 42.5 Å². The fraction of sp³-hybridized carbons (Fsp3) is 0.0556. The van der Waals surface area contributed by atoms with Crippen LogP contribution in [0.25, 0.3) is 11.3 Å². The van der Waals surface area contributed by atoms with Crippen LogP contribution in [0, 0.1) is 10.1 Å². The lowest BCUT2D eigenvalue weighted by molar-refractivity contribution is -0.384. The second kappa shape index (κ2) is 8.49. The highest BCUT2D eigenvalue weighted by molar-refractivity contribution is 7.85. The van der Waals surface area contributed by atoms with E-state index in [1.54, 1.807) is 11.4 Å². The molecular formula is C18H13N3O7S2. The Hall–Kier alpha value is -3.48. The molecule has 30 heavy (non-hydrogen) atoms. The maximum Gasteiger partial charge on any atom is 0.294 e. The van der Waals surface area contributed by atoms with Crippen LogP contribution in [0.5, 0.6) is 0 Å². The van der Waals surface area contributed by atoms with Crippen LogP contribution in [0.3, 0.4) is 0 Å². The number of non-ortho nitro benzene ring substituents is 1. The molecule has 2 aromatic carbocycles. The lowest BCUT2D eigenvalue weighted by atomic mass is 10.1. The number of amides is 1. The van der Waals surface area contributed by atoms with Gasteiger partial charge in [-0.15, -0.1) is 11.3 Å². The van der Waals surface area contributed by atoms with Gasteiger partial charge in [0.25, 0.3) is 15.8 Å². The largest absolute Gasteiger partial charge is 0.302 e. The monoisotopic (exact) mass is 447 g/mol. The normalized spacial score (nSPS) is 11.1. The van der Waals surface area contributed by atoms with Crippen molar-refractivity contribution in [2.45, 2.75) is 11.3 Å². The number of nitro groups is 1. The van der Waals surface area contributed by atoms with E-state index in [2.05, 4.69) is 10.3 Å². The fourth-order valence-electron chi connectivity index (χ4n) is 2.46. The number of nitrogens with one attached hydrogen (secondary N) is 1. The van der Waals surface area contributed by atoms with Gasteiger partial charge in [0.1, 0.15) is 0 Å². The van der Waals surface area contributed by atoms with E-state index < -0.39 is 33.2 Å². The summed E-state index contributed by atoms with van der Waals surface area (Å²) in [5.74, 6) is -1.13. The van der Waals surface area contributed by atoms with Crippen molar-refractivity contribution in [3.63, 3.8) is 0 Å². The number of anilines is 1. The Labute approximate surface area is 174 Å². The number of rotatable bonds is 7. The highest BCUT2D eigenvalue weighted by atomic mass is 32.2. The molecule has 1 aromatic heterocycles. The summed E-state index contributed by atoms with van der Waals surface area (Å²) in [5, 5.41) is 14.9. The van der Waals surface area contributed by atoms with Crippen LogP contribution >= 0.6 is 11.3 Å². The topological polar surface area (TPSA) is 157 Å². The van der Waals surface area contributed by atoms with Crippen LogP contribution in [0.2, 0.25) is 0 Å². The van der Waals surface area contributed by atoms with E-state index in [1.807, 2.05) is 0 Å². The van der Waals surface area contributed by atoms with E-state index in [0.29, 0.717) is 11.3 Å². The van der Waals surface area contributed by atoms with Crippen molar-refractivity contribution in [2.24, 2.45) is 0 Å². The van der Waals surface area contributed by atoms with Gasteiger partial charge in [0.2, 0.25) is 5.91 Å². The van der Waals surface area contributed by atoms with Crippen LogP contribution in [-0.4, -0.2) is 34.6 Å².